The van der Waals surface area contributed by atoms with Crippen LogP contribution in [-0.4, -0.2) is 75.6 Å². The molecule has 0 saturated heterocycles. The van der Waals surface area contributed by atoms with Gasteiger partial charge in [0.1, 0.15) is 19.3 Å². The summed E-state index contributed by atoms with van der Waals surface area (Å²) in [6.45, 7) is 5.51. The van der Waals surface area contributed by atoms with Crippen molar-refractivity contribution in [3.05, 3.63) is 48.6 Å². The first-order valence-electron chi connectivity index (χ1n) is 23.9. The predicted molar refractivity (Wildman–Crippen MR) is 247 cm³/mol. The number of rotatable bonds is 44. The Kier molecular flexibility index (Phi) is 41.0. The molecular formula is C49H93NO7P+. The highest BCUT2D eigenvalue weighted by molar-refractivity contribution is 7.47. The molecule has 0 spiro atoms. The number of quaternary nitrogens is 1. The van der Waals surface area contributed by atoms with Crippen LogP contribution in [0.1, 0.15) is 200 Å². The van der Waals surface area contributed by atoms with E-state index in [0.29, 0.717) is 24.1 Å². The number of hydrogen-bond donors (Lipinski definition) is 1. The van der Waals surface area contributed by atoms with Gasteiger partial charge in [0, 0.05) is 13.0 Å². The molecule has 0 amide bonds. The first kappa shape index (κ1) is 56.5. The Labute approximate surface area is 358 Å². The lowest BCUT2D eigenvalue weighted by Gasteiger charge is -2.24. The van der Waals surface area contributed by atoms with Crippen LogP contribution in [-0.2, 0) is 27.9 Å². The van der Waals surface area contributed by atoms with Crippen molar-refractivity contribution in [2.45, 2.75) is 206 Å². The lowest BCUT2D eigenvalue weighted by atomic mass is 10.0. The summed E-state index contributed by atoms with van der Waals surface area (Å²) in [5.41, 5.74) is 0. The Morgan fingerprint density at radius 2 is 1.00 bits per heavy atom. The number of ether oxygens (including phenoxy) is 2. The largest absolute Gasteiger partial charge is 0.472 e. The van der Waals surface area contributed by atoms with Crippen LogP contribution in [0.2, 0.25) is 0 Å². The van der Waals surface area contributed by atoms with Gasteiger partial charge < -0.3 is 18.9 Å². The normalized spacial score (nSPS) is 14.1. The monoisotopic (exact) mass is 839 g/mol. The topological polar surface area (TPSA) is 91.3 Å². The van der Waals surface area contributed by atoms with Crippen LogP contribution >= 0.6 is 7.82 Å². The third-order valence-corrected chi connectivity index (χ3v) is 11.1. The third kappa shape index (κ3) is 45.5. The SMILES string of the molecule is CC/C=C\C/C=C\C/C=C\C/C=C\CCCCCCCCCCCCCOCC(COP(=O)(O)OCC[N+](C)(C)C)OC(=O)CCCCCCCCCCCCCC. The standard InChI is InChI=1S/C49H92NO7P/c1-6-8-10-12-14-16-18-20-21-22-23-24-25-26-27-28-29-30-31-33-35-37-39-41-44-54-46-48(47-56-58(52,53)55-45-43-50(3,4)5)57-49(51)42-40-38-36-34-32-19-17-15-13-11-9-7-2/h8,10,14,16,20-21,23-24,48H,6-7,9,11-13,15,17-19,22,25-47H2,1-5H3/p+1/b10-8-,16-14-,21-20-,24-23-. The number of phosphoric acid groups is 1. The molecule has 2 unspecified atom stereocenters. The van der Waals surface area contributed by atoms with Crippen LogP contribution in [0, 0.1) is 0 Å². The summed E-state index contributed by atoms with van der Waals surface area (Å²) in [6.07, 6.45) is 51.5. The van der Waals surface area contributed by atoms with Crippen LogP contribution in [0.3, 0.4) is 0 Å². The van der Waals surface area contributed by atoms with Gasteiger partial charge in [0.25, 0.3) is 0 Å². The summed E-state index contributed by atoms with van der Waals surface area (Å²) in [7, 11) is 1.67. The number of carbonyl (C=O) groups is 1. The van der Waals surface area contributed by atoms with Gasteiger partial charge in [-0.25, -0.2) is 4.57 Å². The fourth-order valence-electron chi connectivity index (χ4n) is 6.49. The van der Waals surface area contributed by atoms with Gasteiger partial charge in [0.15, 0.2) is 0 Å². The fourth-order valence-corrected chi connectivity index (χ4v) is 7.23. The molecule has 0 heterocycles. The van der Waals surface area contributed by atoms with Crippen molar-refractivity contribution < 1.29 is 37.3 Å². The van der Waals surface area contributed by atoms with E-state index in [1.54, 1.807) is 0 Å². The second-order valence-corrected chi connectivity index (χ2v) is 18.6. The van der Waals surface area contributed by atoms with Crippen LogP contribution < -0.4 is 0 Å². The highest BCUT2D eigenvalue weighted by Crippen LogP contribution is 2.43. The smallest absolute Gasteiger partial charge is 0.457 e. The Balaban J connectivity index is 4.10. The molecule has 8 nitrogen and oxygen atoms in total. The molecule has 0 fully saturated rings. The van der Waals surface area contributed by atoms with Crippen molar-refractivity contribution in [3.63, 3.8) is 0 Å². The summed E-state index contributed by atoms with van der Waals surface area (Å²) >= 11 is 0. The summed E-state index contributed by atoms with van der Waals surface area (Å²) in [6, 6.07) is 0. The molecule has 2 atom stereocenters. The number of unbranched alkanes of at least 4 members (excludes halogenated alkanes) is 22. The molecular weight excluding hydrogens is 746 g/mol. The van der Waals surface area contributed by atoms with E-state index >= 15 is 0 Å². The predicted octanol–water partition coefficient (Wildman–Crippen LogP) is 14.3. The maximum absolute atomic E-state index is 12.7. The molecule has 0 aromatic carbocycles. The van der Waals surface area contributed by atoms with E-state index in [1.165, 1.54) is 122 Å². The highest BCUT2D eigenvalue weighted by atomic mass is 31.2. The van der Waals surface area contributed by atoms with Gasteiger partial charge >= 0.3 is 13.8 Å². The lowest BCUT2D eigenvalue weighted by molar-refractivity contribution is -0.870. The van der Waals surface area contributed by atoms with Crippen molar-refractivity contribution >= 4 is 13.8 Å². The average molecular weight is 839 g/mol. The van der Waals surface area contributed by atoms with Crippen LogP contribution in [0.15, 0.2) is 48.6 Å². The quantitative estimate of drug-likeness (QED) is 0.0215. The van der Waals surface area contributed by atoms with Crippen LogP contribution in [0.25, 0.3) is 0 Å². The second-order valence-electron chi connectivity index (χ2n) is 17.1. The van der Waals surface area contributed by atoms with E-state index in [-0.39, 0.29) is 25.8 Å². The van der Waals surface area contributed by atoms with Gasteiger partial charge in [0.2, 0.25) is 0 Å². The zero-order chi connectivity index (χ0) is 42.7. The van der Waals surface area contributed by atoms with Crippen molar-refractivity contribution in [1.29, 1.82) is 0 Å². The van der Waals surface area contributed by atoms with Gasteiger partial charge in [-0.2, -0.15) is 0 Å². The Bertz CT molecular complexity index is 1070. The molecule has 58 heavy (non-hydrogen) atoms. The minimum absolute atomic E-state index is 0.0882. The van der Waals surface area contributed by atoms with E-state index < -0.39 is 13.9 Å². The van der Waals surface area contributed by atoms with Crippen molar-refractivity contribution in [3.8, 4) is 0 Å². The molecule has 1 N–H and O–H groups in total. The summed E-state index contributed by atoms with van der Waals surface area (Å²) in [4.78, 5) is 22.9. The summed E-state index contributed by atoms with van der Waals surface area (Å²) < 4.78 is 35.0. The van der Waals surface area contributed by atoms with E-state index in [2.05, 4.69) is 62.5 Å². The van der Waals surface area contributed by atoms with Gasteiger partial charge in [-0.05, 0) is 51.4 Å². The minimum atomic E-state index is -4.27. The number of esters is 1. The second kappa shape index (κ2) is 42.2. The first-order valence-corrected chi connectivity index (χ1v) is 25.4. The number of nitrogens with zero attached hydrogens (tertiary/aromatic N) is 1. The van der Waals surface area contributed by atoms with Gasteiger partial charge in [-0.15, -0.1) is 0 Å². The Morgan fingerprint density at radius 3 is 1.50 bits per heavy atom. The van der Waals surface area contributed by atoms with E-state index in [0.717, 1.165) is 57.8 Å². The zero-order valence-corrected chi connectivity index (χ0v) is 39.4. The van der Waals surface area contributed by atoms with Crippen molar-refractivity contribution in [2.24, 2.45) is 0 Å². The van der Waals surface area contributed by atoms with Gasteiger partial charge in [-0.1, -0.05) is 191 Å². The molecule has 0 aliphatic rings. The fraction of sp³-hybridized carbons (Fsp3) is 0.816. The number of allylic oxidation sites excluding steroid dienone is 8. The number of phosphoric ester groups is 1. The lowest BCUT2D eigenvalue weighted by Crippen LogP contribution is -2.37. The molecule has 0 bridgehead atoms. The molecule has 0 aromatic rings. The third-order valence-electron chi connectivity index (χ3n) is 10.2. The zero-order valence-electron chi connectivity index (χ0n) is 38.5. The first-order chi connectivity index (χ1) is 28.1. The van der Waals surface area contributed by atoms with Crippen LogP contribution in [0.4, 0.5) is 0 Å². The molecule has 0 aromatic heterocycles. The maximum atomic E-state index is 12.7. The number of hydrogen-bond acceptors (Lipinski definition) is 6. The van der Waals surface area contributed by atoms with Crippen molar-refractivity contribution in [2.75, 3.05) is 54.1 Å². The van der Waals surface area contributed by atoms with Gasteiger partial charge in [0.05, 0.1) is 34.4 Å². The number of likely N-dealkylation sites (N-methyl/N-ethyl adjacent to an activating group) is 1. The molecule has 0 radical (unpaired) electrons. The molecule has 0 saturated carbocycles. The highest BCUT2D eigenvalue weighted by Gasteiger charge is 2.26. The van der Waals surface area contributed by atoms with Crippen molar-refractivity contribution in [1.82, 2.24) is 0 Å². The maximum Gasteiger partial charge on any atom is 0.472 e. The summed E-state index contributed by atoms with van der Waals surface area (Å²) in [5, 5.41) is 0. The molecule has 9 heteroatoms. The minimum Gasteiger partial charge on any atom is -0.457 e. The molecule has 0 aliphatic carbocycles. The van der Waals surface area contributed by atoms with E-state index in [4.69, 9.17) is 18.5 Å². The molecule has 0 aliphatic heterocycles. The van der Waals surface area contributed by atoms with Gasteiger partial charge in [-0.3, -0.25) is 13.8 Å². The molecule has 340 valence electrons. The Hall–Kier alpha value is -1.54. The van der Waals surface area contributed by atoms with E-state index in [9.17, 15) is 14.3 Å². The number of carbonyl (C=O) groups excluding carboxylic acids is 1. The summed E-state index contributed by atoms with van der Waals surface area (Å²) in [5.74, 6) is -0.315. The average Bonchev–Trinajstić information content (AvgIpc) is 3.18. The van der Waals surface area contributed by atoms with Crippen LogP contribution in [0.5, 0.6) is 0 Å². The van der Waals surface area contributed by atoms with E-state index in [1.807, 2.05) is 21.1 Å². The Morgan fingerprint density at radius 1 is 0.552 bits per heavy atom. The molecule has 0 rings (SSSR count).